The van der Waals surface area contributed by atoms with Crippen LogP contribution in [0.25, 0.3) is 0 Å². The van der Waals surface area contributed by atoms with Gasteiger partial charge in [0, 0.05) is 37.5 Å². The Bertz CT molecular complexity index is 1990. The third-order valence-corrected chi connectivity index (χ3v) is 14.2. The lowest BCUT2D eigenvalue weighted by molar-refractivity contribution is -0.307. The molecule has 3 fully saturated rings. The highest BCUT2D eigenvalue weighted by Gasteiger charge is 2.53. The highest BCUT2D eigenvalue weighted by Crippen LogP contribution is 2.39. The van der Waals surface area contributed by atoms with E-state index in [0.29, 0.717) is 0 Å². The summed E-state index contributed by atoms with van der Waals surface area (Å²) in [5.74, 6) is -6.76. The number of fused-ring (bicyclic) bond motifs is 2. The van der Waals surface area contributed by atoms with Gasteiger partial charge in [-0.15, -0.1) is 0 Å². The number of carbonyl (C=O) groups excluding carboxylic acids is 2. The normalized spacial score (nSPS) is 43.8. The molecule has 4 aliphatic heterocycles. The molecule has 0 saturated carbocycles. The van der Waals surface area contributed by atoms with E-state index in [9.17, 15) is 81.1 Å². The number of nitrogens with two attached hydrogens (primary N) is 1. The van der Waals surface area contributed by atoms with Crippen molar-refractivity contribution in [3.63, 3.8) is 0 Å². The molecule has 0 radical (unpaired) electrons. The standard InChI is InChI=1S/C53H84N2O21/c1-28-17-15-13-11-9-7-5-6-8-10-12-14-16-18-35(74-52-48(67)43(54)46(65)31(4)73-52)24-39-42(50(69)55-44-49(68)47(66)40(27-56)75-51(44)70)38(62)26-53(71,76-39)25-34(59)22-37(61)36(60)20-19-32(57)21-33(58)23-41(63)72-30(3)29(2)45(28)64/h5-18,28-40,42-49,51-52,56-62,64-68,70-71H,19-27,54H2,1-4H3,(H,55,69)/t28-,29?,30-,31+,32+,33+,34-,35-,36+,37+,38-,39?,40+,42?,43-,44-,45+,46+,47+,48-,49+,51?,52?,53+/m0/s1. The average Bonchev–Trinajstić information content (AvgIpc) is 3.34. The molecule has 3 saturated heterocycles. The Morgan fingerprint density at radius 1 is 0.658 bits per heavy atom. The van der Waals surface area contributed by atoms with E-state index in [1.807, 2.05) is 6.92 Å². The zero-order valence-electron chi connectivity index (χ0n) is 43.4. The van der Waals surface area contributed by atoms with Crippen molar-refractivity contribution in [2.75, 3.05) is 6.61 Å². The van der Waals surface area contributed by atoms with Crippen molar-refractivity contribution >= 4 is 11.9 Å². The second-order valence-electron chi connectivity index (χ2n) is 20.5. The monoisotopic (exact) mass is 1080 g/mol. The first-order chi connectivity index (χ1) is 35.9. The molecule has 24 atom stereocenters. The Kier molecular flexibility index (Phi) is 26.7. The highest BCUT2D eigenvalue weighted by atomic mass is 16.7. The van der Waals surface area contributed by atoms with E-state index in [0.717, 1.165) is 0 Å². The lowest BCUT2D eigenvalue weighted by Crippen LogP contribution is -2.66. The van der Waals surface area contributed by atoms with Gasteiger partial charge in [-0.1, -0.05) is 98.9 Å². The quantitative estimate of drug-likeness (QED) is 0.127. The van der Waals surface area contributed by atoms with Crippen LogP contribution < -0.4 is 11.1 Å². The Hall–Kier alpha value is -3.64. The predicted octanol–water partition coefficient (Wildman–Crippen LogP) is -2.46. The number of allylic oxidation sites excluding steroid dienone is 12. The van der Waals surface area contributed by atoms with Crippen LogP contribution >= 0.6 is 0 Å². The fraction of sp³-hybridized carbons (Fsp3) is 0.698. The van der Waals surface area contributed by atoms with Crippen LogP contribution in [0.15, 0.2) is 85.1 Å². The van der Waals surface area contributed by atoms with Gasteiger partial charge in [0.25, 0.3) is 0 Å². The van der Waals surface area contributed by atoms with Crippen LogP contribution in [0.3, 0.4) is 0 Å². The summed E-state index contributed by atoms with van der Waals surface area (Å²) in [4.78, 5) is 26.9. The molecule has 432 valence electrons. The van der Waals surface area contributed by atoms with E-state index in [2.05, 4.69) is 5.32 Å². The van der Waals surface area contributed by atoms with Gasteiger partial charge >= 0.3 is 5.97 Å². The minimum atomic E-state index is -2.46. The van der Waals surface area contributed by atoms with Gasteiger partial charge in [0.2, 0.25) is 5.91 Å². The van der Waals surface area contributed by atoms with Gasteiger partial charge in [0.1, 0.15) is 36.6 Å². The molecule has 23 heteroatoms. The molecule has 0 aromatic heterocycles. The second kappa shape index (κ2) is 31.2. The summed E-state index contributed by atoms with van der Waals surface area (Å²) in [7, 11) is 0. The molecule has 2 bridgehead atoms. The first-order valence-electron chi connectivity index (χ1n) is 25.9. The number of hydrogen-bond acceptors (Lipinski definition) is 22. The second-order valence-corrected chi connectivity index (χ2v) is 20.5. The average molecular weight is 1090 g/mol. The van der Waals surface area contributed by atoms with Gasteiger partial charge in [0.15, 0.2) is 18.4 Å². The van der Waals surface area contributed by atoms with Gasteiger partial charge in [-0.2, -0.15) is 0 Å². The maximum absolute atomic E-state index is 14.2. The van der Waals surface area contributed by atoms with Gasteiger partial charge in [-0.05, 0) is 33.1 Å². The lowest BCUT2D eigenvalue weighted by Gasteiger charge is -2.47. The molecule has 0 aliphatic carbocycles. The number of aliphatic hydroxyl groups excluding tert-OH is 13. The fourth-order valence-corrected chi connectivity index (χ4v) is 9.50. The molecule has 4 heterocycles. The number of cyclic esters (lactones) is 1. The Morgan fingerprint density at radius 2 is 1.25 bits per heavy atom. The molecule has 17 N–H and O–H groups in total. The van der Waals surface area contributed by atoms with E-state index in [1.165, 1.54) is 13.0 Å². The summed E-state index contributed by atoms with van der Waals surface area (Å²) >= 11 is 0. The summed E-state index contributed by atoms with van der Waals surface area (Å²) in [5.41, 5.74) is 6.10. The maximum atomic E-state index is 14.2. The van der Waals surface area contributed by atoms with Crippen LogP contribution in [0.1, 0.15) is 79.1 Å². The summed E-state index contributed by atoms with van der Waals surface area (Å²) in [6, 6.07) is -2.93. The van der Waals surface area contributed by atoms with Crippen molar-refractivity contribution in [2.24, 2.45) is 23.5 Å². The van der Waals surface area contributed by atoms with Crippen LogP contribution in [0.2, 0.25) is 0 Å². The fourth-order valence-electron chi connectivity index (χ4n) is 9.50. The van der Waals surface area contributed by atoms with Crippen LogP contribution in [0.4, 0.5) is 0 Å². The summed E-state index contributed by atoms with van der Waals surface area (Å²) < 4.78 is 28.8. The first kappa shape index (κ1) is 64.9. The molecular formula is C53H84N2O21. The molecule has 0 aromatic rings. The summed E-state index contributed by atoms with van der Waals surface area (Å²) in [6.45, 7) is 5.88. The van der Waals surface area contributed by atoms with Crippen LogP contribution in [-0.2, 0) is 33.3 Å². The minimum Gasteiger partial charge on any atom is -0.462 e. The van der Waals surface area contributed by atoms with E-state index in [1.54, 1.807) is 92.8 Å². The SMILES string of the molecule is CC1[C@H](C)OC(=O)C[C@H](O)C[C@H](O)CC[C@@H](O)[C@H](O)C[C@H](O)C[C@]2(O)C[C@H](O)C(C(=O)N[C@@H]3C(O)O[C@H](CO)[C@@H](O)[C@@H]3O)C(C[C@@H](OC3O[C@H](C)[C@@H](O)[C@H](N)[C@@H]3O)C=CC=CC=CC=CC=CC=CC=C[C@H](C)[C@H]1O)O2. The Labute approximate surface area is 443 Å². The number of aliphatic hydroxyl groups is 14. The van der Waals surface area contributed by atoms with Gasteiger partial charge in [-0.3, -0.25) is 9.59 Å². The third kappa shape index (κ3) is 19.6. The Balaban J connectivity index is 1.65. The molecule has 76 heavy (non-hydrogen) atoms. The molecule has 1 amide bonds. The predicted molar refractivity (Wildman–Crippen MR) is 271 cm³/mol. The van der Waals surface area contributed by atoms with Crippen LogP contribution in [-0.4, -0.2) is 218 Å². The summed E-state index contributed by atoms with van der Waals surface area (Å²) in [6.07, 6.45) is -5.57. The van der Waals surface area contributed by atoms with Crippen molar-refractivity contribution in [3.05, 3.63) is 85.1 Å². The highest BCUT2D eigenvalue weighted by molar-refractivity contribution is 5.80. The van der Waals surface area contributed by atoms with Crippen LogP contribution in [0.5, 0.6) is 0 Å². The topological polar surface area (TPSA) is 402 Å². The molecule has 0 spiro atoms. The van der Waals surface area contributed by atoms with E-state index < -0.39 is 191 Å². The van der Waals surface area contributed by atoms with Gasteiger partial charge in [0.05, 0.1) is 92.1 Å². The van der Waals surface area contributed by atoms with Gasteiger partial charge < -0.3 is 106 Å². The number of hydrogen-bond donors (Lipinski definition) is 16. The van der Waals surface area contributed by atoms with Gasteiger partial charge in [-0.25, -0.2) is 0 Å². The molecule has 23 nitrogen and oxygen atoms in total. The molecule has 4 rings (SSSR count). The number of amides is 1. The van der Waals surface area contributed by atoms with Crippen molar-refractivity contribution in [1.82, 2.24) is 5.32 Å². The van der Waals surface area contributed by atoms with E-state index >= 15 is 0 Å². The zero-order valence-corrected chi connectivity index (χ0v) is 43.4. The Morgan fingerprint density at radius 3 is 1.86 bits per heavy atom. The van der Waals surface area contributed by atoms with Crippen molar-refractivity contribution in [3.8, 4) is 0 Å². The van der Waals surface area contributed by atoms with Crippen molar-refractivity contribution in [1.29, 1.82) is 0 Å². The smallest absolute Gasteiger partial charge is 0.308 e. The molecule has 5 unspecified atom stereocenters. The number of nitrogens with one attached hydrogen (secondary N) is 1. The van der Waals surface area contributed by atoms with Crippen LogP contribution in [0, 0.1) is 17.8 Å². The number of rotatable bonds is 5. The molecule has 0 aromatic carbocycles. The molecular weight excluding hydrogens is 1000 g/mol. The third-order valence-electron chi connectivity index (χ3n) is 14.2. The lowest BCUT2D eigenvalue weighted by atomic mass is 9.81. The van der Waals surface area contributed by atoms with Crippen molar-refractivity contribution in [2.45, 2.75) is 207 Å². The number of carbonyl (C=O) groups is 2. The first-order valence-corrected chi connectivity index (χ1v) is 25.9. The molecule has 4 aliphatic rings. The maximum Gasteiger partial charge on any atom is 0.308 e. The number of esters is 1. The van der Waals surface area contributed by atoms with E-state index in [-0.39, 0.29) is 25.2 Å². The summed E-state index contributed by atoms with van der Waals surface area (Å²) in [5, 5.41) is 154. The van der Waals surface area contributed by atoms with Crippen molar-refractivity contribution < 1.29 is 105 Å². The minimum absolute atomic E-state index is 0.154. The largest absolute Gasteiger partial charge is 0.462 e. The zero-order chi connectivity index (χ0) is 56.4. The van der Waals surface area contributed by atoms with E-state index in [4.69, 9.17) is 29.4 Å². The number of ether oxygens (including phenoxy) is 5.